The molecule has 0 heterocycles. The predicted octanol–water partition coefficient (Wildman–Crippen LogP) is 2.32. The van der Waals surface area contributed by atoms with Crippen molar-refractivity contribution in [2.75, 3.05) is 5.06 Å². The van der Waals surface area contributed by atoms with Gasteiger partial charge in [0.2, 0.25) is 0 Å². The molecule has 0 aliphatic heterocycles. The molecule has 6 nitrogen and oxygen atoms in total. The summed E-state index contributed by atoms with van der Waals surface area (Å²) in [4.78, 5) is 22.6. The molecular weight excluding hydrogens is 272 g/mol. The molecule has 3 N–H and O–H groups in total. The van der Waals surface area contributed by atoms with E-state index in [0.717, 1.165) is 5.56 Å². The Morgan fingerprint density at radius 3 is 2.24 bits per heavy atom. The molecule has 0 fully saturated rings. The van der Waals surface area contributed by atoms with Gasteiger partial charge in [-0.25, -0.2) is 9.59 Å². The Morgan fingerprint density at radius 2 is 1.67 bits per heavy atom. The molecule has 2 aromatic rings. The van der Waals surface area contributed by atoms with Crippen molar-refractivity contribution in [2.24, 2.45) is 5.73 Å². The Hall–Kier alpha value is -2.86. The Morgan fingerprint density at radius 1 is 1.05 bits per heavy atom. The number of carbonyl (C=O) groups is 2. The van der Waals surface area contributed by atoms with Gasteiger partial charge >= 0.3 is 12.0 Å². The molecule has 108 valence electrons. The number of esters is 1. The Bertz CT molecular complexity index is 626. The van der Waals surface area contributed by atoms with Crippen molar-refractivity contribution in [2.45, 2.75) is 6.61 Å². The molecule has 0 aliphatic rings. The van der Waals surface area contributed by atoms with Gasteiger partial charge in [-0.3, -0.25) is 5.21 Å². The van der Waals surface area contributed by atoms with E-state index in [1.807, 2.05) is 30.3 Å². The average Bonchev–Trinajstić information content (AvgIpc) is 2.53. The number of primary amides is 1. The van der Waals surface area contributed by atoms with Gasteiger partial charge in [-0.2, -0.15) is 5.06 Å². The molecule has 0 unspecified atom stereocenters. The van der Waals surface area contributed by atoms with Crippen LogP contribution < -0.4 is 10.8 Å². The molecule has 2 rings (SSSR count). The van der Waals surface area contributed by atoms with E-state index in [1.165, 1.54) is 24.3 Å². The normalized spacial score (nSPS) is 9.95. The van der Waals surface area contributed by atoms with Gasteiger partial charge in [-0.15, -0.1) is 0 Å². The smallest absolute Gasteiger partial charge is 0.343 e. The number of ether oxygens (including phenoxy) is 1. The molecule has 0 bridgehead atoms. The fraction of sp³-hybridized carbons (Fsp3) is 0.0667. The summed E-state index contributed by atoms with van der Waals surface area (Å²) in [6, 6.07) is 14.0. The highest BCUT2D eigenvalue weighted by molar-refractivity contribution is 5.91. The molecule has 0 radical (unpaired) electrons. The summed E-state index contributed by atoms with van der Waals surface area (Å²) in [6.45, 7) is 0.175. The van der Waals surface area contributed by atoms with Crippen LogP contribution in [0.3, 0.4) is 0 Å². The van der Waals surface area contributed by atoms with Crippen molar-refractivity contribution >= 4 is 17.7 Å². The number of hydroxylamine groups is 1. The van der Waals surface area contributed by atoms with Crippen molar-refractivity contribution in [3.8, 4) is 0 Å². The maximum absolute atomic E-state index is 11.8. The van der Waals surface area contributed by atoms with E-state index in [2.05, 4.69) is 0 Å². The number of amides is 2. The van der Waals surface area contributed by atoms with E-state index < -0.39 is 12.0 Å². The number of rotatable bonds is 4. The minimum atomic E-state index is -1.01. The van der Waals surface area contributed by atoms with E-state index in [4.69, 9.17) is 10.5 Å². The zero-order chi connectivity index (χ0) is 15.2. The largest absolute Gasteiger partial charge is 0.457 e. The van der Waals surface area contributed by atoms with E-state index in [9.17, 15) is 14.8 Å². The van der Waals surface area contributed by atoms with Crippen molar-refractivity contribution in [1.29, 1.82) is 0 Å². The number of hydrogen-bond acceptors (Lipinski definition) is 4. The summed E-state index contributed by atoms with van der Waals surface area (Å²) in [7, 11) is 0. The SMILES string of the molecule is NC(=O)N(O)c1ccc(C(=O)OCc2ccccc2)cc1. The van der Waals surface area contributed by atoms with Crippen LogP contribution in [-0.4, -0.2) is 17.2 Å². The highest BCUT2D eigenvalue weighted by Gasteiger charge is 2.11. The van der Waals surface area contributed by atoms with Gasteiger partial charge in [0.05, 0.1) is 11.3 Å². The highest BCUT2D eigenvalue weighted by Crippen LogP contribution is 2.14. The van der Waals surface area contributed by atoms with Crippen molar-refractivity contribution < 1.29 is 19.5 Å². The summed E-state index contributed by atoms with van der Waals surface area (Å²) in [5, 5.41) is 9.61. The van der Waals surface area contributed by atoms with Crippen LogP contribution in [0.15, 0.2) is 54.6 Å². The van der Waals surface area contributed by atoms with Crippen LogP contribution in [0.4, 0.5) is 10.5 Å². The van der Waals surface area contributed by atoms with Crippen molar-refractivity contribution in [3.63, 3.8) is 0 Å². The van der Waals surface area contributed by atoms with Gasteiger partial charge in [0.1, 0.15) is 6.61 Å². The Kier molecular flexibility index (Phi) is 4.53. The van der Waals surface area contributed by atoms with Crippen LogP contribution in [0, 0.1) is 0 Å². The molecule has 0 saturated carbocycles. The number of benzene rings is 2. The van der Waals surface area contributed by atoms with Crippen molar-refractivity contribution in [3.05, 3.63) is 65.7 Å². The molecule has 2 aromatic carbocycles. The summed E-state index contributed by atoms with van der Waals surface area (Å²) >= 11 is 0. The minimum absolute atomic E-state index is 0.169. The standard InChI is InChI=1S/C15H14N2O4/c16-15(19)17(20)13-8-6-12(7-9-13)14(18)21-10-11-4-2-1-3-5-11/h1-9,20H,10H2,(H2,16,19). The number of anilines is 1. The third kappa shape index (κ3) is 3.80. The van der Waals surface area contributed by atoms with E-state index in [1.54, 1.807) is 0 Å². The van der Waals surface area contributed by atoms with Crippen LogP contribution in [0.25, 0.3) is 0 Å². The molecule has 0 saturated heterocycles. The first-order chi connectivity index (χ1) is 10.1. The second-order valence-corrected chi connectivity index (χ2v) is 4.26. The number of nitrogens with two attached hydrogens (primary N) is 1. The molecule has 0 aliphatic carbocycles. The zero-order valence-corrected chi connectivity index (χ0v) is 11.1. The third-order valence-corrected chi connectivity index (χ3v) is 2.77. The van der Waals surface area contributed by atoms with Gasteiger partial charge in [0, 0.05) is 0 Å². The topological polar surface area (TPSA) is 92.9 Å². The van der Waals surface area contributed by atoms with Crippen LogP contribution >= 0.6 is 0 Å². The van der Waals surface area contributed by atoms with Crippen LogP contribution in [0.2, 0.25) is 0 Å². The van der Waals surface area contributed by atoms with Crippen LogP contribution in [0.5, 0.6) is 0 Å². The van der Waals surface area contributed by atoms with E-state index in [-0.39, 0.29) is 12.3 Å². The Balaban J connectivity index is 1.98. The molecule has 0 atom stereocenters. The van der Waals surface area contributed by atoms with Gasteiger partial charge in [-0.05, 0) is 29.8 Å². The van der Waals surface area contributed by atoms with E-state index in [0.29, 0.717) is 10.6 Å². The molecule has 0 spiro atoms. The summed E-state index contributed by atoms with van der Waals surface area (Å²) < 4.78 is 5.16. The lowest BCUT2D eigenvalue weighted by atomic mass is 10.2. The summed E-state index contributed by atoms with van der Waals surface area (Å²) in [6.07, 6.45) is 0. The number of nitrogens with zero attached hydrogens (tertiary/aromatic N) is 1. The molecule has 2 amide bonds. The van der Waals surface area contributed by atoms with Crippen LogP contribution in [0.1, 0.15) is 15.9 Å². The number of carbonyl (C=O) groups excluding carboxylic acids is 2. The fourth-order valence-electron chi connectivity index (χ4n) is 1.67. The molecule has 0 aromatic heterocycles. The zero-order valence-electron chi connectivity index (χ0n) is 11.1. The van der Waals surface area contributed by atoms with Gasteiger partial charge in [0.15, 0.2) is 0 Å². The lowest BCUT2D eigenvalue weighted by molar-refractivity contribution is 0.0472. The first-order valence-electron chi connectivity index (χ1n) is 6.17. The molecule has 21 heavy (non-hydrogen) atoms. The lowest BCUT2D eigenvalue weighted by Crippen LogP contribution is -2.32. The maximum atomic E-state index is 11.8. The van der Waals surface area contributed by atoms with Gasteiger partial charge in [-0.1, -0.05) is 30.3 Å². The van der Waals surface area contributed by atoms with Crippen LogP contribution in [-0.2, 0) is 11.3 Å². The van der Waals surface area contributed by atoms with Gasteiger partial charge in [0.25, 0.3) is 0 Å². The third-order valence-electron chi connectivity index (χ3n) is 2.77. The quantitative estimate of drug-likeness (QED) is 0.512. The van der Waals surface area contributed by atoms with Gasteiger partial charge < -0.3 is 10.5 Å². The first kappa shape index (κ1) is 14.5. The van der Waals surface area contributed by atoms with E-state index >= 15 is 0 Å². The minimum Gasteiger partial charge on any atom is -0.457 e. The highest BCUT2D eigenvalue weighted by atomic mass is 16.5. The fourth-order valence-corrected chi connectivity index (χ4v) is 1.67. The number of hydrogen-bond donors (Lipinski definition) is 2. The lowest BCUT2D eigenvalue weighted by Gasteiger charge is -2.12. The monoisotopic (exact) mass is 286 g/mol. The first-order valence-corrected chi connectivity index (χ1v) is 6.17. The average molecular weight is 286 g/mol. The molecular formula is C15H14N2O4. The maximum Gasteiger partial charge on any atom is 0.343 e. The molecule has 6 heteroatoms. The summed E-state index contributed by atoms with van der Waals surface area (Å²) in [5.41, 5.74) is 6.29. The predicted molar refractivity (Wildman–Crippen MR) is 75.9 cm³/mol. The van der Waals surface area contributed by atoms with Crippen molar-refractivity contribution in [1.82, 2.24) is 0 Å². The summed E-state index contributed by atoms with van der Waals surface area (Å²) in [5.74, 6) is -0.492. The number of urea groups is 1. The Labute approximate surface area is 121 Å². The second-order valence-electron chi connectivity index (χ2n) is 4.26. The second kappa shape index (κ2) is 6.53.